The number of ether oxygens (including phenoxy) is 2. The van der Waals surface area contributed by atoms with Crippen LogP contribution in [0.3, 0.4) is 0 Å². The second-order valence-corrected chi connectivity index (χ2v) is 5.61. The van der Waals surface area contributed by atoms with Crippen molar-refractivity contribution in [3.05, 3.63) is 24.3 Å². The number of amides is 4. The SMILES string of the molecule is C[C@@H](OC(=O)CN1C(=O)CN(C)C1=O)C(=O)Nc1ccccc1OC(F)F. The third-order valence-corrected chi connectivity index (χ3v) is 3.56. The Kier molecular flexibility index (Phi) is 6.27. The van der Waals surface area contributed by atoms with Gasteiger partial charge in [0.15, 0.2) is 6.10 Å². The van der Waals surface area contributed by atoms with Crippen molar-refractivity contribution in [3.8, 4) is 5.75 Å². The van der Waals surface area contributed by atoms with E-state index in [1.54, 1.807) is 0 Å². The molecule has 0 bridgehead atoms. The van der Waals surface area contributed by atoms with Gasteiger partial charge in [-0.15, -0.1) is 0 Å². The summed E-state index contributed by atoms with van der Waals surface area (Å²) in [5.41, 5.74) is -0.0303. The van der Waals surface area contributed by atoms with E-state index in [1.165, 1.54) is 38.2 Å². The third-order valence-electron chi connectivity index (χ3n) is 3.56. The predicted octanol–water partition coefficient (Wildman–Crippen LogP) is 1.05. The molecule has 1 aromatic rings. The number of carbonyl (C=O) groups excluding carboxylic acids is 4. The average molecular weight is 385 g/mol. The standard InChI is InChI=1S/C16H17F2N3O6/c1-9(26-13(23)8-21-12(22)7-20(2)16(21)25)14(24)19-10-5-3-4-6-11(10)27-15(17)18/h3-6,9,15H,7-8H2,1-2H3,(H,19,24)/t9-/m1/s1. The molecule has 1 heterocycles. The molecule has 1 saturated heterocycles. The number of nitrogens with zero attached hydrogens (tertiary/aromatic N) is 2. The molecule has 0 unspecified atom stereocenters. The van der Waals surface area contributed by atoms with Gasteiger partial charge in [-0.25, -0.2) is 4.79 Å². The zero-order chi connectivity index (χ0) is 20.1. The molecular formula is C16H17F2N3O6. The Hall–Kier alpha value is -3.24. The Labute approximate surface area is 152 Å². The van der Waals surface area contributed by atoms with Gasteiger partial charge in [-0.3, -0.25) is 19.3 Å². The number of hydrogen-bond acceptors (Lipinski definition) is 6. The van der Waals surface area contributed by atoms with Gasteiger partial charge in [0.25, 0.3) is 11.8 Å². The first-order valence-corrected chi connectivity index (χ1v) is 7.78. The normalized spacial score (nSPS) is 15.1. The van der Waals surface area contributed by atoms with Gasteiger partial charge < -0.3 is 19.7 Å². The van der Waals surface area contributed by atoms with Crippen LogP contribution in [0.15, 0.2) is 24.3 Å². The molecule has 1 fully saturated rings. The van der Waals surface area contributed by atoms with Crippen LogP contribution in [0.25, 0.3) is 0 Å². The predicted molar refractivity (Wildman–Crippen MR) is 87.0 cm³/mol. The molecule has 0 spiro atoms. The molecule has 27 heavy (non-hydrogen) atoms. The number of nitrogens with one attached hydrogen (secondary N) is 1. The molecule has 0 saturated carbocycles. The Balaban J connectivity index is 1.93. The monoisotopic (exact) mass is 385 g/mol. The molecule has 0 aliphatic carbocycles. The number of anilines is 1. The van der Waals surface area contributed by atoms with Crippen molar-refractivity contribution in [3.63, 3.8) is 0 Å². The first-order chi connectivity index (χ1) is 12.7. The number of likely N-dealkylation sites (N-methyl/N-ethyl adjacent to an activating group) is 1. The van der Waals surface area contributed by atoms with E-state index >= 15 is 0 Å². The third kappa shape index (κ3) is 5.12. The van der Waals surface area contributed by atoms with E-state index in [0.717, 1.165) is 4.90 Å². The van der Waals surface area contributed by atoms with Crippen LogP contribution in [0, 0.1) is 0 Å². The largest absolute Gasteiger partial charge is 0.451 e. The highest BCUT2D eigenvalue weighted by Crippen LogP contribution is 2.25. The topological polar surface area (TPSA) is 105 Å². The molecule has 4 amide bonds. The quantitative estimate of drug-likeness (QED) is 0.556. The van der Waals surface area contributed by atoms with Crippen LogP contribution < -0.4 is 10.1 Å². The summed E-state index contributed by atoms with van der Waals surface area (Å²) in [6.07, 6.45) is -1.30. The minimum Gasteiger partial charge on any atom is -0.451 e. The van der Waals surface area contributed by atoms with E-state index in [4.69, 9.17) is 4.74 Å². The van der Waals surface area contributed by atoms with E-state index in [1.807, 2.05) is 0 Å². The fourth-order valence-electron chi connectivity index (χ4n) is 2.24. The minimum absolute atomic E-state index is 0.0303. The smallest absolute Gasteiger partial charge is 0.387 e. The van der Waals surface area contributed by atoms with Crippen LogP contribution in [0.5, 0.6) is 5.75 Å². The van der Waals surface area contributed by atoms with Gasteiger partial charge in [-0.1, -0.05) is 12.1 Å². The zero-order valence-electron chi connectivity index (χ0n) is 14.5. The Bertz CT molecular complexity index is 757. The van der Waals surface area contributed by atoms with Crippen LogP contribution in [-0.2, 0) is 19.1 Å². The molecule has 1 aromatic carbocycles. The van der Waals surface area contributed by atoms with Crippen molar-refractivity contribution in [2.24, 2.45) is 0 Å². The minimum atomic E-state index is -3.08. The molecule has 1 N–H and O–H groups in total. The molecule has 0 radical (unpaired) electrons. The number of alkyl halides is 2. The fraction of sp³-hybridized carbons (Fsp3) is 0.375. The number of para-hydroxylation sites is 2. The highest BCUT2D eigenvalue weighted by molar-refractivity contribution is 6.04. The summed E-state index contributed by atoms with van der Waals surface area (Å²) in [6.45, 7) is -2.61. The lowest BCUT2D eigenvalue weighted by Crippen LogP contribution is -2.39. The maximum Gasteiger partial charge on any atom is 0.387 e. The van der Waals surface area contributed by atoms with Crippen molar-refractivity contribution in [2.75, 3.05) is 25.5 Å². The number of hydrogen-bond donors (Lipinski definition) is 1. The van der Waals surface area contributed by atoms with Crippen LogP contribution in [0.1, 0.15) is 6.92 Å². The van der Waals surface area contributed by atoms with Gasteiger partial charge in [0, 0.05) is 7.05 Å². The fourth-order valence-corrected chi connectivity index (χ4v) is 2.24. The van der Waals surface area contributed by atoms with Crippen LogP contribution >= 0.6 is 0 Å². The molecule has 146 valence electrons. The lowest BCUT2D eigenvalue weighted by Gasteiger charge is -2.17. The van der Waals surface area contributed by atoms with Crippen molar-refractivity contribution < 1.29 is 37.4 Å². The summed E-state index contributed by atoms with van der Waals surface area (Å²) in [6, 6.07) is 4.86. The summed E-state index contributed by atoms with van der Waals surface area (Å²) in [7, 11) is 1.40. The summed E-state index contributed by atoms with van der Waals surface area (Å²) in [4.78, 5) is 49.2. The van der Waals surface area contributed by atoms with Gasteiger partial charge in [0.2, 0.25) is 0 Å². The Morgan fingerprint density at radius 3 is 2.52 bits per heavy atom. The second-order valence-electron chi connectivity index (χ2n) is 5.61. The average Bonchev–Trinajstić information content (AvgIpc) is 2.82. The molecule has 11 heteroatoms. The van der Waals surface area contributed by atoms with Gasteiger partial charge in [0.05, 0.1) is 5.69 Å². The number of urea groups is 1. The first-order valence-electron chi connectivity index (χ1n) is 7.78. The summed E-state index contributed by atoms with van der Waals surface area (Å²) >= 11 is 0. The molecular weight excluding hydrogens is 368 g/mol. The van der Waals surface area contributed by atoms with Gasteiger partial charge >= 0.3 is 18.6 Å². The van der Waals surface area contributed by atoms with E-state index in [9.17, 15) is 28.0 Å². The van der Waals surface area contributed by atoms with Gasteiger partial charge in [-0.05, 0) is 19.1 Å². The highest BCUT2D eigenvalue weighted by atomic mass is 19.3. The lowest BCUT2D eigenvalue weighted by atomic mass is 10.2. The Morgan fingerprint density at radius 2 is 1.93 bits per heavy atom. The lowest BCUT2D eigenvalue weighted by molar-refractivity contribution is -0.154. The number of esters is 1. The van der Waals surface area contributed by atoms with Gasteiger partial charge in [0.1, 0.15) is 18.8 Å². The van der Waals surface area contributed by atoms with Crippen molar-refractivity contribution in [1.29, 1.82) is 0 Å². The number of carbonyl (C=O) groups is 4. The summed E-state index contributed by atoms with van der Waals surface area (Å²) < 4.78 is 34.0. The van der Waals surface area contributed by atoms with E-state index in [-0.39, 0.29) is 18.0 Å². The van der Waals surface area contributed by atoms with Crippen molar-refractivity contribution >= 4 is 29.5 Å². The Morgan fingerprint density at radius 1 is 1.26 bits per heavy atom. The van der Waals surface area contributed by atoms with Crippen LogP contribution in [-0.4, -0.2) is 66.5 Å². The first kappa shape index (κ1) is 20.1. The summed E-state index contributed by atoms with van der Waals surface area (Å²) in [5, 5.41) is 2.31. The molecule has 0 aromatic heterocycles. The second kappa shape index (κ2) is 8.43. The molecule has 1 aliphatic rings. The number of imide groups is 1. The van der Waals surface area contributed by atoms with Crippen molar-refractivity contribution in [2.45, 2.75) is 19.6 Å². The van der Waals surface area contributed by atoms with Crippen LogP contribution in [0.4, 0.5) is 19.3 Å². The molecule has 1 aliphatic heterocycles. The zero-order valence-corrected chi connectivity index (χ0v) is 14.5. The number of rotatable bonds is 7. The number of halogens is 2. The highest BCUT2D eigenvalue weighted by Gasteiger charge is 2.35. The van der Waals surface area contributed by atoms with E-state index < -0.39 is 43.1 Å². The molecule has 2 rings (SSSR count). The van der Waals surface area contributed by atoms with Crippen LogP contribution in [0.2, 0.25) is 0 Å². The van der Waals surface area contributed by atoms with E-state index in [0.29, 0.717) is 4.90 Å². The van der Waals surface area contributed by atoms with E-state index in [2.05, 4.69) is 10.1 Å². The maximum absolute atomic E-state index is 12.4. The number of benzene rings is 1. The summed E-state index contributed by atoms with van der Waals surface area (Å²) in [5.74, 6) is -2.58. The van der Waals surface area contributed by atoms with Gasteiger partial charge in [-0.2, -0.15) is 8.78 Å². The molecule has 1 atom stereocenters. The van der Waals surface area contributed by atoms with Crippen molar-refractivity contribution in [1.82, 2.24) is 9.80 Å². The molecule has 9 nitrogen and oxygen atoms in total. The maximum atomic E-state index is 12.4.